The van der Waals surface area contributed by atoms with E-state index in [9.17, 15) is 9.90 Å². The largest absolute Gasteiger partial charge is 0.480 e. The number of nitrogens with zero attached hydrogens (tertiary/aromatic N) is 1. The summed E-state index contributed by atoms with van der Waals surface area (Å²) in [5.74, 6) is 0.490. The molecule has 4 nitrogen and oxygen atoms in total. The molecule has 0 aromatic carbocycles. The monoisotopic (exact) mass is 269 g/mol. The molecular weight excluding hydrogens is 242 g/mol. The number of ether oxygens (including phenoxy) is 1. The predicted molar refractivity (Wildman–Crippen MR) is 74.2 cm³/mol. The second-order valence-electron chi connectivity index (χ2n) is 6.14. The van der Waals surface area contributed by atoms with Gasteiger partial charge in [0.05, 0.1) is 0 Å². The Labute approximate surface area is 116 Å². The number of aliphatic carboxylic acids is 1. The van der Waals surface area contributed by atoms with Crippen LogP contribution in [0.1, 0.15) is 45.4 Å². The maximum atomic E-state index is 11.2. The quantitative estimate of drug-likeness (QED) is 0.752. The Balaban J connectivity index is 1.63. The van der Waals surface area contributed by atoms with Crippen molar-refractivity contribution in [2.24, 2.45) is 11.8 Å². The lowest BCUT2D eigenvalue weighted by Crippen LogP contribution is -2.39. The summed E-state index contributed by atoms with van der Waals surface area (Å²) in [5, 5.41) is 9.26. The molecule has 19 heavy (non-hydrogen) atoms. The van der Waals surface area contributed by atoms with E-state index in [0.717, 1.165) is 45.1 Å². The summed E-state index contributed by atoms with van der Waals surface area (Å²) in [7, 11) is 0. The van der Waals surface area contributed by atoms with Gasteiger partial charge in [-0.25, -0.2) is 0 Å². The molecule has 0 aliphatic carbocycles. The Morgan fingerprint density at radius 2 is 2.00 bits per heavy atom. The SMILES string of the molecule is CC1CCN(CCCCC2CCOCC2)C1C(=O)O. The highest BCUT2D eigenvalue weighted by Crippen LogP contribution is 2.25. The molecule has 0 bridgehead atoms. The molecular formula is C15H27NO3. The summed E-state index contributed by atoms with van der Waals surface area (Å²) < 4.78 is 5.37. The highest BCUT2D eigenvalue weighted by atomic mass is 16.5. The first kappa shape index (κ1) is 14.8. The topological polar surface area (TPSA) is 49.8 Å². The Bertz CT molecular complexity index is 289. The lowest BCUT2D eigenvalue weighted by Gasteiger charge is -2.24. The van der Waals surface area contributed by atoms with Crippen molar-refractivity contribution in [2.45, 2.75) is 51.5 Å². The van der Waals surface area contributed by atoms with Gasteiger partial charge in [0, 0.05) is 13.2 Å². The highest BCUT2D eigenvalue weighted by molar-refractivity contribution is 5.74. The molecule has 0 aromatic heterocycles. The van der Waals surface area contributed by atoms with Crippen LogP contribution < -0.4 is 0 Å². The van der Waals surface area contributed by atoms with Crippen molar-refractivity contribution in [3.8, 4) is 0 Å². The second-order valence-corrected chi connectivity index (χ2v) is 6.14. The average Bonchev–Trinajstić information content (AvgIpc) is 2.77. The molecule has 0 saturated carbocycles. The predicted octanol–water partition coefficient (Wildman–Crippen LogP) is 2.38. The number of carbonyl (C=O) groups is 1. The molecule has 1 N–H and O–H groups in total. The Morgan fingerprint density at radius 1 is 1.26 bits per heavy atom. The van der Waals surface area contributed by atoms with Crippen LogP contribution in [0.3, 0.4) is 0 Å². The number of hydrogen-bond acceptors (Lipinski definition) is 3. The summed E-state index contributed by atoms with van der Waals surface area (Å²) in [6.45, 7) is 5.81. The minimum Gasteiger partial charge on any atom is -0.480 e. The van der Waals surface area contributed by atoms with Gasteiger partial charge in [-0.3, -0.25) is 9.69 Å². The summed E-state index contributed by atoms with van der Waals surface area (Å²) in [6.07, 6.45) is 7.08. The van der Waals surface area contributed by atoms with E-state index in [4.69, 9.17) is 4.74 Å². The van der Waals surface area contributed by atoms with Crippen LogP contribution in [0.4, 0.5) is 0 Å². The molecule has 110 valence electrons. The fourth-order valence-corrected chi connectivity index (χ4v) is 3.46. The van der Waals surface area contributed by atoms with Crippen molar-refractivity contribution in [3.63, 3.8) is 0 Å². The molecule has 0 radical (unpaired) electrons. The maximum absolute atomic E-state index is 11.2. The van der Waals surface area contributed by atoms with Gasteiger partial charge < -0.3 is 9.84 Å². The van der Waals surface area contributed by atoms with Crippen molar-refractivity contribution in [1.82, 2.24) is 4.90 Å². The Morgan fingerprint density at radius 3 is 2.68 bits per heavy atom. The molecule has 2 aliphatic rings. The summed E-state index contributed by atoms with van der Waals surface area (Å²) in [4.78, 5) is 13.4. The van der Waals surface area contributed by atoms with Gasteiger partial charge in [0.15, 0.2) is 0 Å². The summed E-state index contributed by atoms with van der Waals surface area (Å²) in [6, 6.07) is -0.247. The minimum absolute atomic E-state index is 0.247. The van der Waals surface area contributed by atoms with Crippen LogP contribution in [0.25, 0.3) is 0 Å². The molecule has 2 saturated heterocycles. The van der Waals surface area contributed by atoms with E-state index in [1.54, 1.807) is 0 Å². The van der Waals surface area contributed by atoms with Gasteiger partial charge in [0.1, 0.15) is 6.04 Å². The first-order chi connectivity index (χ1) is 9.18. The van der Waals surface area contributed by atoms with Crippen molar-refractivity contribution in [2.75, 3.05) is 26.3 Å². The van der Waals surface area contributed by atoms with Crippen LogP contribution in [0.2, 0.25) is 0 Å². The molecule has 2 unspecified atom stereocenters. The van der Waals surface area contributed by atoms with E-state index in [1.165, 1.54) is 25.7 Å². The standard InChI is InChI=1S/C15H27NO3/c1-12-5-9-16(14(12)15(17)18)8-3-2-4-13-6-10-19-11-7-13/h12-14H,2-11H2,1H3,(H,17,18). The van der Waals surface area contributed by atoms with Gasteiger partial charge in [-0.15, -0.1) is 0 Å². The zero-order valence-electron chi connectivity index (χ0n) is 12.0. The fourth-order valence-electron chi connectivity index (χ4n) is 3.46. The first-order valence-electron chi connectivity index (χ1n) is 7.73. The third kappa shape index (κ3) is 4.18. The van der Waals surface area contributed by atoms with Gasteiger partial charge in [-0.1, -0.05) is 19.8 Å². The minimum atomic E-state index is -0.644. The number of carboxylic acids is 1. The van der Waals surface area contributed by atoms with E-state index in [0.29, 0.717) is 5.92 Å². The normalized spacial score (nSPS) is 29.7. The van der Waals surface area contributed by atoms with E-state index >= 15 is 0 Å². The Kier molecular flexibility index (Phi) is 5.64. The van der Waals surface area contributed by atoms with E-state index in [2.05, 4.69) is 11.8 Å². The van der Waals surface area contributed by atoms with Gasteiger partial charge in [-0.05, 0) is 50.6 Å². The number of carboxylic acid groups (broad SMARTS) is 1. The van der Waals surface area contributed by atoms with Crippen LogP contribution in [0.15, 0.2) is 0 Å². The van der Waals surface area contributed by atoms with Gasteiger partial charge in [0.2, 0.25) is 0 Å². The zero-order chi connectivity index (χ0) is 13.7. The third-order valence-corrected chi connectivity index (χ3v) is 4.71. The van der Waals surface area contributed by atoms with Crippen molar-refractivity contribution < 1.29 is 14.6 Å². The van der Waals surface area contributed by atoms with Crippen molar-refractivity contribution >= 4 is 5.97 Å². The molecule has 2 rings (SSSR count). The Hall–Kier alpha value is -0.610. The summed E-state index contributed by atoms with van der Waals surface area (Å²) >= 11 is 0. The number of unbranched alkanes of at least 4 members (excludes halogenated alkanes) is 1. The molecule has 2 heterocycles. The second kappa shape index (κ2) is 7.25. The summed E-state index contributed by atoms with van der Waals surface area (Å²) in [5.41, 5.74) is 0. The molecule has 4 heteroatoms. The molecule has 2 aliphatic heterocycles. The molecule has 0 amide bonds. The molecule has 0 aromatic rings. The smallest absolute Gasteiger partial charge is 0.321 e. The van der Waals surface area contributed by atoms with Crippen molar-refractivity contribution in [1.29, 1.82) is 0 Å². The lowest BCUT2D eigenvalue weighted by molar-refractivity contribution is -0.143. The number of hydrogen-bond donors (Lipinski definition) is 1. The zero-order valence-corrected chi connectivity index (χ0v) is 12.0. The van der Waals surface area contributed by atoms with Gasteiger partial charge >= 0.3 is 5.97 Å². The number of likely N-dealkylation sites (tertiary alicyclic amines) is 1. The average molecular weight is 269 g/mol. The van der Waals surface area contributed by atoms with E-state index < -0.39 is 5.97 Å². The number of rotatable bonds is 6. The van der Waals surface area contributed by atoms with Gasteiger partial charge in [0.25, 0.3) is 0 Å². The third-order valence-electron chi connectivity index (χ3n) is 4.71. The first-order valence-corrected chi connectivity index (χ1v) is 7.73. The highest BCUT2D eigenvalue weighted by Gasteiger charge is 2.35. The van der Waals surface area contributed by atoms with Crippen LogP contribution in [-0.2, 0) is 9.53 Å². The van der Waals surface area contributed by atoms with Gasteiger partial charge in [-0.2, -0.15) is 0 Å². The van der Waals surface area contributed by atoms with Crippen LogP contribution >= 0.6 is 0 Å². The van der Waals surface area contributed by atoms with Crippen LogP contribution in [0.5, 0.6) is 0 Å². The maximum Gasteiger partial charge on any atom is 0.321 e. The molecule has 2 atom stereocenters. The van der Waals surface area contributed by atoms with E-state index in [1.807, 2.05) is 0 Å². The van der Waals surface area contributed by atoms with Crippen LogP contribution in [0, 0.1) is 11.8 Å². The molecule has 0 spiro atoms. The van der Waals surface area contributed by atoms with E-state index in [-0.39, 0.29) is 6.04 Å². The lowest BCUT2D eigenvalue weighted by atomic mass is 9.94. The fraction of sp³-hybridized carbons (Fsp3) is 0.933. The van der Waals surface area contributed by atoms with Crippen LogP contribution in [-0.4, -0.2) is 48.3 Å². The van der Waals surface area contributed by atoms with Crippen molar-refractivity contribution in [3.05, 3.63) is 0 Å². The molecule has 2 fully saturated rings.